The van der Waals surface area contributed by atoms with Crippen molar-refractivity contribution in [2.24, 2.45) is 0 Å². The van der Waals surface area contributed by atoms with Crippen molar-refractivity contribution in [2.45, 2.75) is 45.6 Å². The Morgan fingerprint density at radius 3 is 2.45 bits per heavy atom. The number of hydrogen-bond donors (Lipinski definition) is 0. The van der Waals surface area contributed by atoms with Gasteiger partial charge in [-0.3, -0.25) is 4.79 Å². The molecule has 1 rings (SSSR count). The summed E-state index contributed by atoms with van der Waals surface area (Å²) in [5, 5.41) is 0. The van der Waals surface area contributed by atoms with Crippen molar-refractivity contribution in [1.82, 2.24) is 4.90 Å². The third-order valence-electron chi connectivity index (χ3n) is 2.07. The van der Waals surface area contributed by atoms with Crippen LogP contribution in [0.1, 0.15) is 39.5 Å². The van der Waals surface area contributed by atoms with Crippen LogP contribution < -0.4 is 0 Å². The molecule has 1 aliphatic carbocycles. The zero-order valence-electron chi connectivity index (χ0n) is 7.47. The first-order valence-electron chi connectivity index (χ1n) is 4.59. The number of nitrogens with zero attached hydrogens (tertiary/aromatic N) is 1. The highest BCUT2D eigenvalue weighted by molar-refractivity contribution is 5.76. The number of amides is 1. The molecule has 0 aromatic carbocycles. The van der Waals surface area contributed by atoms with Crippen LogP contribution in [0.4, 0.5) is 0 Å². The first-order chi connectivity index (χ1) is 5.29. The SMILES string of the molecule is CCCN(C(=O)CC)C1CC1. The molecule has 0 bridgehead atoms. The van der Waals surface area contributed by atoms with E-state index in [0.717, 1.165) is 13.0 Å². The third-order valence-corrected chi connectivity index (χ3v) is 2.07. The molecule has 0 aliphatic heterocycles. The Morgan fingerprint density at radius 2 is 2.09 bits per heavy atom. The molecule has 1 saturated carbocycles. The molecule has 0 aromatic heterocycles. The molecule has 0 unspecified atom stereocenters. The Kier molecular flexibility index (Phi) is 2.92. The average molecular weight is 155 g/mol. The van der Waals surface area contributed by atoms with Gasteiger partial charge in [0.15, 0.2) is 0 Å². The maximum atomic E-state index is 11.3. The highest BCUT2D eigenvalue weighted by atomic mass is 16.2. The van der Waals surface area contributed by atoms with Gasteiger partial charge in [-0.25, -0.2) is 0 Å². The van der Waals surface area contributed by atoms with E-state index < -0.39 is 0 Å². The summed E-state index contributed by atoms with van der Waals surface area (Å²) in [4.78, 5) is 13.4. The molecule has 64 valence electrons. The Morgan fingerprint density at radius 1 is 1.45 bits per heavy atom. The van der Waals surface area contributed by atoms with Crippen LogP contribution in [-0.4, -0.2) is 23.4 Å². The normalized spacial score (nSPS) is 16.5. The summed E-state index contributed by atoms with van der Waals surface area (Å²) in [6.07, 6.45) is 4.20. The van der Waals surface area contributed by atoms with E-state index in [-0.39, 0.29) is 0 Å². The second kappa shape index (κ2) is 3.74. The van der Waals surface area contributed by atoms with Gasteiger partial charge in [-0.15, -0.1) is 0 Å². The quantitative estimate of drug-likeness (QED) is 0.606. The minimum Gasteiger partial charge on any atom is -0.340 e. The largest absolute Gasteiger partial charge is 0.340 e. The van der Waals surface area contributed by atoms with E-state index in [2.05, 4.69) is 6.92 Å². The third kappa shape index (κ3) is 2.21. The average Bonchev–Trinajstić information content (AvgIpc) is 2.81. The fraction of sp³-hybridized carbons (Fsp3) is 0.889. The Labute approximate surface area is 68.6 Å². The van der Waals surface area contributed by atoms with Crippen LogP contribution in [0, 0.1) is 0 Å². The first-order valence-corrected chi connectivity index (χ1v) is 4.59. The number of rotatable bonds is 4. The summed E-state index contributed by atoms with van der Waals surface area (Å²) in [5.41, 5.74) is 0. The molecule has 0 radical (unpaired) electrons. The van der Waals surface area contributed by atoms with E-state index >= 15 is 0 Å². The standard InChI is InChI=1S/C9H17NO/c1-3-7-10(8-5-6-8)9(11)4-2/h8H,3-7H2,1-2H3. The summed E-state index contributed by atoms with van der Waals surface area (Å²) < 4.78 is 0. The van der Waals surface area contributed by atoms with Gasteiger partial charge in [0, 0.05) is 19.0 Å². The Hall–Kier alpha value is -0.530. The lowest BCUT2D eigenvalue weighted by atomic mass is 10.3. The van der Waals surface area contributed by atoms with Gasteiger partial charge >= 0.3 is 0 Å². The van der Waals surface area contributed by atoms with Gasteiger partial charge in [0.1, 0.15) is 0 Å². The molecule has 1 amide bonds. The van der Waals surface area contributed by atoms with Gasteiger partial charge in [-0.1, -0.05) is 13.8 Å². The van der Waals surface area contributed by atoms with Crippen molar-refractivity contribution in [3.05, 3.63) is 0 Å². The van der Waals surface area contributed by atoms with E-state index in [9.17, 15) is 4.79 Å². The van der Waals surface area contributed by atoms with Crippen molar-refractivity contribution in [3.63, 3.8) is 0 Å². The number of carbonyl (C=O) groups excluding carboxylic acids is 1. The van der Waals surface area contributed by atoms with Gasteiger partial charge in [0.05, 0.1) is 0 Å². The van der Waals surface area contributed by atoms with Crippen molar-refractivity contribution < 1.29 is 4.79 Å². The van der Waals surface area contributed by atoms with Crippen LogP contribution in [0.2, 0.25) is 0 Å². The maximum absolute atomic E-state index is 11.3. The highest BCUT2D eigenvalue weighted by Gasteiger charge is 2.30. The highest BCUT2D eigenvalue weighted by Crippen LogP contribution is 2.27. The van der Waals surface area contributed by atoms with Crippen molar-refractivity contribution in [1.29, 1.82) is 0 Å². The van der Waals surface area contributed by atoms with Gasteiger partial charge in [-0.05, 0) is 19.3 Å². The smallest absolute Gasteiger partial charge is 0.222 e. The number of carbonyl (C=O) groups is 1. The predicted octanol–water partition coefficient (Wildman–Crippen LogP) is 1.80. The van der Waals surface area contributed by atoms with E-state index in [1.807, 2.05) is 11.8 Å². The van der Waals surface area contributed by atoms with Gasteiger partial charge < -0.3 is 4.90 Å². The van der Waals surface area contributed by atoms with E-state index in [0.29, 0.717) is 18.4 Å². The van der Waals surface area contributed by atoms with Gasteiger partial charge in [0.25, 0.3) is 0 Å². The molecule has 0 aromatic rings. The van der Waals surface area contributed by atoms with Crippen LogP contribution in [0.25, 0.3) is 0 Å². The monoisotopic (exact) mass is 155 g/mol. The lowest BCUT2D eigenvalue weighted by Crippen LogP contribution is -2.33. The lowest BCUT2D eigenvalue weighted by molar-refractivity contribution is -0.131. The zero-order valence-corrected chi connectivity index (χ0v) is 7.47. The second-order valence-electron chi connectivity index (χ2n) is 3.17. The first kappa shape index (κ1) is 8.57. The fourth-order valence-corrected chi connectivity index (χ4v) is 1.34. The molecule has 2 nitrogen and oxygen atoms in total. The summed E-state index contributed by atoms with van der Waals surface area (Å²) in [6, 6.07) is 0.599. The second-order valence-corrected chi connectivity index (χ2v) is 3.17. The summed E-state index contributed by atoms with van der Waals surface area (Å²) in [5.74, 6) is 0.328. The molecule has 2 heteroatoms. The van der Waals surface area contributed by atoms with Gasteiger partial charge in [0.2, 0.25) is 5.91 Å². The van der Waals surface area contributed by atoms with Crippen LogP contribution >= 0.6 is 0 Å². The number of hydrogen-bond acceptors (Lipinski definition) is 1. The van der Waals surface area contributed by atoms with Crippen LogP contribution in [0.5, 0.6) is 0 Å². The molecular weight excluding hydrogens is 138 g/mol. The van der Waals surface area contributed by atoms with Crippen molar-refractivity contribution in [3.8, 4) is 0 Å². The topological polar surface area (TPSA) is 20.3 Å². The zero-order chi connectivity index (χ0) is 8.27. The Bertz CT molecular complexity index is 140. The molecule has 11 heavy (non-hydrogen) atoms. The van der Waals surface area contributed by atoms with E-state index in [1.54, 1.807) is 0 Å². The molecule has 0 atom stereocenters. The van der Waals surface area contributed by atoms with E-state index in [1.165, 1.54) is 12.8 Å². The minimum atomic E-state index is 0.328. The van der Waals surface area contributed by atoms with Crippen LogP contribution in [-0.2, 0) is 4.79 Å². The predicted molar refractivity (Wildman–Crippen MR) is 45.3 cm³/mol. The summed E-state index contributed by atoms with van der Waals surface area (Å²) in [7, 11) is 0. The van der Waals surface area contributed by atoms with Crippen LogP contribution in [0.3, 0.4) is 0 Å². The molecule has 1 aliphatic rings. The summed E-state index contributed by atoms with van der Waals surface area (Å²) >= 11 is 0. The molecule has 0 N–H and O–H groups in total. The van der Waals surface area contributed by atoms with E-state index in [4.69, 9.17) is 0 Å². The molecule has 0 spiro atoms. The van der Waals surface area contributed by atoms with Crippen molar-refractivity contribution in [2.75, 3.05) is 6.54 Å². The molecule has 0 saturated heterocycles. The minimum absolute atomic E-state index is 0.328. The maximum Gasteiger partial charge on any atom is 0.222 e. The molecule has 0 heterocycles. The summed E-state index contributed by atoms with van der Waals surface area (Å²) in [6.45, 7) is 5.02. The van der Waals surface area contributed by atoms with Crippen LogP contribution in [0.15, 0.2) is 0 Å². The van der Waals surface area contributed by atoms with Gasteiger partial charge in [-0.2, -0.15) is 0 Å². The molecular formula is C9H17NO. The Balaban J connectivity index is 2.37. The molecule has 1 fully saturated rings. The van der Waals surface area contributed by atoms with Crippen molar-refractivity contribution >= 4 is 5.91 Å². The fourth-order valence-electron chi connectivity index (χ4n) is 1.34. The lowest BCUT2D eigenvalue weighted by Gasteiger charge is -2.20.